The van der Waals surface area contributed by atoms with Gasteiger partial charge in [-0.15, -0.1) is 11.3 Å². The molecule has 0 fully saturated rings. The number of halogens is 2. The van der Waals surface area contributed by atoms with Crippen LogP contribution in [-0.2, 0) is 13.0 Å². The molecular weight excluding hydrogens is 367 g/mol. The molecule has 0 saturated heterocycles. The van der Waals surface area contributed by atoms with Crippen LogP contribution in [0.5, 0.6) is 0 Å². The lowest BCUT2D eigenvalue weighted by Crippen LogP contribution is -2.26. The summed E-state index contributed by atoms with van der Waals surface area (Å²) in [5, 5.41) is 10.1. The molecule has 3 rings (SSSR count). The number of nitrogens with zero attached hydrogens (tertiary/aromatic N) is 2. The number of rotatable bonds is 5. The van der Waals surface area contributed by atoms with E-state index in [-0.39, 0.29) is 16.8 Å². The first kappa shape index (κ1) is 17.6. The first-order chi connectivity index (χ1) is 11.9. The largest absolute Gasteiger partial charge is 0.477 e. The average molecular weight is 381 g/mol. The van der Waals surface area contributed by atoms with Gasteiger partial charge in [0.25, 0.3) is 5.56 Å². The molecule has 0 bridgehead atoms. The number of aromatic nitrogens is 2. The maximum Gasteiger partial charge on any atom is 0.346 e. The first-order valence-corrected chi connectivity index (χ1v) is 8.68. The fraction of sp³-hybridized carbons (Fsp3) is 0.235. The van der Waals surface area contributed by atoms with Crippen molar-refractivity contribution in [2.45, 2.75) is 19.9 Å². The Labute approximate surface area is 151 Å². The van der Waals surface area contributed by atoms with Crippen molar-refractivity contribution in [3.63, 3.8) is 0 Å². The molecule has 25 heavy (non-hydrogen) atoms. The van der Waals surface area contributed by atoms with Crippen LogP contribution >= 0.6 is 22.9 Å². The molecule has 2 heterocycles. The predicted octanol–water partition coefficient (Wildman–Crippen LogP) is 3.68. The lowest BCUT2D eigenvalue weighted by molar-refractivity contribution is 0.0701. The highest BCUT2D eigenvalue weighted by Crippen LogP contribution is 2.27. The summed E-state index contributed by atoms with van der Waals surface area (Å²) in [6.45, 7) is 0.738. The van der Waals surface area contributed by atoms with Gasteiger partial charge in [0.15, 0.2) is 0 Å². The van der Waals surface area contributed by atoms with Crippen molar-refractivity contribution in [1.29, 1.82) is 0 Å². The van der Waals surface area contributed by atoms with Crippen LogP contribution in [0.4, 0.5) is 4.39 Å². The van der Waals surface area contributed by atoms with Crippen LogP contribution in [-0.4, -0.2) is 27.3 Å². The number of hydrogen-bond acceptors (Lipinski definition) is 4. The van der Waals surface area contributed by atoms with Gasteiger partial charge in [0.1, 0.15) is 22.2 Å². The monoisotopic (exact) mass is 380 g/mol. The van der Waals surface area contributed by atoms with E-state index in [2.05, 4.69) is 4.98 Å². The van der Waals surface area contributed by atoms with Crippen molar-refractivity contribution in [3.05, 3.63) is 61.5 Å². The molecule has 0 amide bonds. The maximum absolute atomic E-state index is 13.0. The third-order valence-electron chi connectivity index (χ3n) is 3.91. The highest BCUT2D eigenvalue weighted by molar-refractivity contribution is 7.20. The Hall–Kier alpha value is -2.25. The summed E-state index contributed by atoms with van der Waals surface area (Å²) in [6, 6.07) is 7.07. The third kappa shape index (κ3) is 3.29. The minimum atomic E-state index is -1.10. The molecule has 0 saturated carbocycles. The Morgan fingerprint density at radius 1 is 1.36 bits per heavy atom. The van der Waals surface area contributed by atoms with Crippen LogP contribution in [0.3, 0.4) is 0 Å². The molecular formula is C17H14ClFN2O3S. The Bertz CT molecular complexity index is 1010. The number of carboxylic acids is 1. The zero-order chi connectivity index (χ0) is 18.1. The quantitative estimate of drug-likeness (QED) is 0.732. The topological polar surface area (TPSA) is 72.2 Å². The van der Waals surface area contributed by atoms with Crippen molar-refractivity contribution in [2.75, 3.05) is 6.67 Å². The molecule has 0 spiro atoms. The van der Waals surface area contributed by atoms with Gasteiger partial charge in [-0.2, -0.15) is 0 Å². The Kier molecular flexibility index (Phi) is 4.87. The van der Waals surface area contributed by atoms with Gasteiger partial charge in [-0.1, -0.05) is 23.7 Å². The summed E-state index contributed by atoms with van der Waals surface area (Å²) in [6.07, 6.45) is 0.321. The molecule has 0 aliphatic heterocycles. The number of carboxylic acid groups (broad SMARTS) is 1. The van der Waals surface area contributed by atoms with Crippen LogP contribution < -0.4 is 5.56 Å². The third-order valence-corrected chi connectivity index (χ3v) is 5.33. The van der Waals surface area contributed by atoms with E-state index in [1.165, 1.54) is 4.57 Å². The number of benzene rings is 1. The molecule has 1 N–H and O–H groups in total. The second-order valence-electron chi connectivity index (χ2n) is 5.52. The van der Waals surface area contributed by atoms with Crippen molar-refractivity contribution in [1.82, 2.24) is 9.55 Å². The molecule has 8 heteroatoms. The minimum absolute atomic E-state index is 0.0787. The number of alkyl halides is 1. The van der Waals surface area contributed by atoms with Crippen LogP contribution in [0.25, 0.3) is 10.2 Å². The summed E-state index contributed by atoms with van der Waals surface area (Å²) in [5.41, 5.74) is 0.832. The summed E-state index contributed by atoms with van der Waals surface area (Å²) >= 11 is 6.84. The Morgan fingerprint density at radius 3 is 2.64 bits per heavy atom. The molecule has 2 aromatic heterocycles. The SMILES string of the molecule is Cc1c(C(=O)O)sc2nc(Cc3ccc(Cl)cc3)n(CCF)c(=O)c12. The van der Waals surface area contributed by atoms with E-state index in [0.29, 0.717) is 27.7 Å². The van der Waals surface area contributed by atoms with E-state index in [1.807, 2.05) is 0 Å². The standard InChI is InChI=1S/C17H14ClFN2O3S/c1-9-13-15(25-14(9)17(23)24)20-12(21(7-6-19)16(13)22)8-10-2-4-11(18)5-3-10/h2-5H,6-8H2,1H3,(H,23,24). The van der Waals surface area contributed by atoms with Gasteiger partial charge < -0.3 is 5.11 Å². The molecule has 1 aromatic carbocycles. The fourth-order valence-corrected chi connectivity index (χ4v) is 3.85. The number of fused-ring (bicyclic) bond motifs is 1. The van der Waals surface area contributed by atoms with Gasteiger partial charge in [-0.3, -0.25) is 9.36 Å². The summed E-state index contributed by atoms with van der Waals surface area (Å²) in [4.78, 5) is 29.0. The van der Waals surface area contributed by atoms with Gasteiger partial charge in [-0.25, -0.2) is 14.2 Å². The van der Waals surface area contributed by atoms with Gasteiger partial charge in [-0.05, 0) is 30.2 Å². The molecule has 0 aliphatic carbocycles. The molecule has 0 atom stereocenters. The number of thiophene rings is 1. The lowest BCUT2D eigenvalue weighted by Gasteiger charge is -2.11. The van der Waals surface area contributed by atoms with Crippen molar-refractivity contribution in [2.24, 2.45) is 0 Å². The van der Waals surface area contributed by atoms with E-state index >= 15 is 0 Å². The maximum atomic E-state index is 13.0. The summed E-state index contributed by atoms with van der Waals surface area (Å²) < 4.78 is 14.2. The van der Waals surface area contributed by atoms with E-state index in [9.17, 15) is 19.1 Å². The Morgan fingerprint density at radius 2 is 2.04 bits per heavy atom. The Balaban J connectivity index is 2.19. The van der Waals surface area contributed by atoms with Gasteiger partial charge in [0, 0.05) is 11.4 Å². The van der Waals surface area contributed by atoms with Gasteiger partial charge in [0.2, 0.25) is 0 Å². The second-order valence-corrected chi connectivity index (χ2v) is 6.95. The predicted molar refractivity (Wildman–Crippen MR) is 95.8 cm³/mol. The summed E-state index contributed by atoms with van der Waals surface area (Å²) in [5.74, 6) is -0.702. The lowest BCUT2D eigenvalue weighted by atomic mass is 10.1. The highest BCUT2D eigenvalue weighted by Gasteiger charge is 2.21. The molecule has 5 nitrogen and oxygen atoms in total. The number of carbonyl (C=O) groups is 1. The van der Waals surface area contributed by atoms with Crippen LogP contribution in [0, 0.1) is 6.92 Å². The van der Waals surface area contributed by atoms with E-state index < -0.39 is 18.2 Å². The van der Waals surface area contributed by atoms with Crippen LogP contribution in [0.2, 0.25) is 5.02 Å². The molecule has 0 unspecified atom stereocenters. The van der Waals surface area contributed by atoms with Gasteiger partial charge >= 0.3 is 5.97 Å². The zero-order valence-corrected chi connectivity index (χ0v) is 14.8. The number of hydrogen-bond donors (Lipinski definition) is 1. The molecule has 130 valence electrons. The molecule has 3 aromatic rings. The van der Waals surface area contributed by atoms with Crippen LogP contribution in [0.1, 0.15) is 26.6 Å². The first-order valence-electron chi connectivity index (χ1n) is 7.49. The van der Waals surface area contributed by atoms with E-state index in [1.54, 1.807) is 31.2 Å². The normalized spacial score (nSPS) is 11.2. The van der Waals surface area contributed by atoms with Gasteiger partial charge in [0.05, 0.1) is 11.9 Å². The number of aromatic carboxylic acids is 1. The summed E-state index contributed by atoms with van der Waals surface area (Å²) in [7, 11) is 0. The number of aryl methyl sites for hydroxylation is 1. The molecule has 0 radical (unpaired) electrons. The van der Waals surface area contributed by atoms with Crippen molar-refractivity contribution >= 4 is 39.1 Å². The van der Waals surface area contributed by atoms with E-state index in [4.69, 9.17) is 11.6 Å². The van der Waals surface area contributed by atoms with Crippen molar-refractivity contribution in [3.8, 4) is 0 Å². The molecule has 0 aliphatic rings. The smallest absolute Gasteiger partial charge is 0.346 e. The fourth-order valence-electron chi connectivity index (χ4n) is 2.70. The zero-order valence-electron chi connectivity index (χ0n) is 13.3. The second kappa shape index (κ2) is 6.93. The van der Waals surface area contributed by atoms with Crippen LogP contribution in [0.15, 0.2) is 29.1 Å². The average Bonchev–Trinajstić information content (AvgIpc) is 2.90. The highest BCUT2D eigenvalue weighted by atomic mass is 35.5. The van der Waals surface area contributed by atoms with E-state index in [0.717, 1.165) is 16.9 Å². The van der Waals surface area contributed by atoms with Crippen molar-refractivity contribution < 1.29 is 14.3 Å². The minimum Gasteiger partial charge on any atom is -0.477 e.